The molecule has 0 radical (unpaired) electrons. The smallest absolute Gasteiger partial charge is 0.303 e. The van der Waals surface area contributed by atoms with Crippen molar-refractivity contribution in [1.29, 1.82) is 0 Å². The van der Waals surface area contributed by atoms with Crippen molar-refractivity contribution in [2.45, 2.75) is 32.8 Å². The summed E-state index contributed by atoms with van der Waals surface area (Å²) in [7, 11) is 0. The quantitative estimate of drug-likeness (QED) is 0.630. The Labute approximate surface area is 104 Å². The Balaban J connectivity index is 3.00. The lowest BCUT2D eigenvalue weighted by Gasteiger charge is -2.28. The number of hydrogen-bond acceptors (Lipinski definition) is 2. The molecule has 1 atom stereocenters. The first-order valence-electron chi connectivity index (χ1n) is 4.93. The molecule has 1 unspecified atom stereocenters. The molecule has 0 saturated heterocycles. The third-order valence-corrected chi connectivity index (χ3v) is 3.22. The zero-order valence-electron chi connectivity index (χ0n) is 9.21. The minimum atomic E-state index is -0.504. The van der Waals surface area contributed by atoms with E-state index in [9.17, 15) is 4.79 Å². The Bertz CT molecular complexity index is 345. The predicted molar refractivity (Wildman–Crippen MR) is 68.6 cm³/mol. The van der Waals surface area contributed by atoms with Gasteiger partial charge in [0, 0.05) is 10.5 Å². The van der Waals surface area contributed by atoms with Crippen LogP contribution >= 0.6 is 22.6 Å². The van der Waals surface area contributed by atoms with Gasteiger partial charge in [0.25, 0.3) is 0 Å². The predicted octanol–water partition coefficient (Wildman–Crippen LogP) is 3.48. The van der Waals surface area contributed by atoms with Gasteiger partial charge in [0.2, 0.25) is 0 Å². The number of esters is 1. The van der Waals surface area contributed by atoms with Crippen molar-refractivity contribution in [2.75, 3.05) is 0 Å². The van der Waals surface area contributed by atoms with Crippen molar-refractivity contribution in [3.63, 3.8) is 0 Å². The van der Waals surface area contributed by atoms with E-state index < -0.39 is 5.60 Å². The first-order valence-corrected chi connectivity index (χ1v) is 6.01. The molecule has 0 saturated carbocycles. The summed E-state index contributed by atoms with van der Waals surface area (Å²) in [5.74, 6) is -0.238. The van der Waals surface area contributed by atoms with E-state index in [-0.39, 0.29) is 5.97 Å². The monoisotopic (exact) mass is 318 g/mol. The number of rotatable bonds is 3. The number of benzene rings is 1. The standard InChI is InChI=1S/C12H15IO2/c1-4-12(3,15-9(2)14)10-5-7-11(13)8-6-10/h5-8H,4H2,1-3H3. The minimum absolute atomic E-state index is 0.238. The first-order chi connectivity index (χ1) is 6.98. The summed E-state index contributed by atoms with van der Waals surface area (Å²) in [4.78, 5) is 11.0. The molecule has 1 aromatic carbocycles. The van der Waals surface area contributed by atoms with Gasteiger partial charge in [-0.25, -0.2) is 0 Å². The van der Waals surface area contributed by atoms with Crippen LogP contribution in [0.5, 0.6) is 0 Å². The number of halogens is 1. The molecule has 82 valence electrons. The van der Waals surface area contributed by atoms with E-state index in [2.05, 4.69) is 22.6 Å². The summed E-state index contributed by atoms with van der Waals surface area (Å²) in [6.45, 7) is 5.40. The van der Waals surface area contributed by atoms with Crippen LogP contribution in [-0.2, 0) is 15.1 Å². The SMILES string of the molecule is CCC(C)(OC(C)=O)c1ccc(I)cc1. The van der Waals surface area contributed by atoms with Crippen molar-refractivity contribution in [3.8, 4) is 0 Å². The molecule has 0 aliphatic rings. The fraction of sp³-hybridized carbons (Fsp3) is 0.417. The second-order valence-corrected chi connectivity index (χ2v) is 4.93. The van der Waals surface area contributed by atoms with Gasteiger partial charge in [0.15, 0.2) is 0 Å². The second-order valence-electron chi connectivity index (χ2n) is 3.68. The maximum atomic E-state index is 11.0. The van der Waals surface area contributed by atoms with E-state index in [1.165, 1.54) is 10.5 Å². The molecule has 0 aliphatic heterocycles. The highest BCUT2D eigenvalue weighted by atomic mass is 127. The summed E-state index contributed by atoms with van der Waals surface area (Å²) >= 11 is 2.25. The fourth-order valence-electron chi connectivity index (χ4n) is 1.45. The third kappa shape index (κ3) is 3.19. The largest absolute Gasteiger partial charge is 0.455 e. The van der Waals surface area contributed by atoms with Crippen molar-refractivity contribution < 1.29 is 9.53 Å². The van der Waals surface area contributed by atoms with Crippen LogP contribution in [0.15, 0.2) is 24.3 Å². The first kappa shape index (κ1) is 12.5. The summed E-state index contributed by atoms with van der Waals surface area (Å²) in [5.41, 5.74) is 0.538. The van der Waals surface area contributed by atoms with Crippen molar-refractivity contribution in [1.82, 2.24) is 0 Å². The Morgan fingerprint density at radius 3 is 2.33 bits per heavy atom. The van der Waals surface area contributed by atoms with Crippen LogP contribution in [0.3, 0.4) is 0 Å². The summed E-state index contributed by atoms with van der Waals surface area (Å²) in [6, 6.07) is 8.06. The number of carbonyl (C=O) groups is 1. The normalized spacial score (nSPS) is 14.4. The van der Waals surface area contributed by atoms with Gasteiger partial charge >= 0.3 is 5.97 Å². The summed E-state index contributed by atoms with van der Waals surface area (Å²) in [5, 5.41) is 0. The molecule has 15 heavy (non-hydrogen) atoms. The number of carbonyl (C=O) groups excluding carboxylic acids is 1. The molecule has 0 spiro atoms. The van der Waals surface area contributed by atoms with Gasteiger partial charge in [-0.2, -0.15) is 0 Å². The van der Waals surface area contributed by atoms with Gasteiger partial charge in [-0.05, 0) is 53.6 Å². The zero-order chi connectivity index (χ0) is 11.5. The molecule has 0 aliphatic carbocycles. The average molecular weight is 318 g/mol. The van der Waals surface area contributed by atoms with E-state index in [4.69, 9.17) is 4.74 Å². The highest BCUT2D eigenvalue weighted by molar-refractivity contribution is 14.1. The van der Waals surface area contributed by atoms with Crippen molar-refractivity contribution >= 4 is 28.6 Å². The lowest BCUT2D eigenvalue weighted by molar-refractivity contribution is -0.156. The molecule has 2 nitrogen and oxygen atoms in total. The van der Waals surface area contributed by atoms with Crippen LogP contribution in [-0.4, -0.2) is 5.97 Å². The lowest BCUT2D eigenvalue weighted by atomic mass is 9.93. The van der Waals surface area contributed by atoms with Gasteiger partial charge in [-0.1, -0.05) is 19.1 Å². The third-order valence-electron chi connectivity index (χ3n) is 2.50. The Morgan fingerprint density at radius 1 is 1.40 bits per heavy atom. The summed E-state index contributed by atoms with van der Waals surface area (Å²) in [6.07, 6.45) is 0.771. The summed E-state index contributed by atoms with van der Waals surface area (Å²) < 4.78 is 6.55. The van der Waals surface area contributed by atoms with Gasteiger partial charge in [-0.3, -0.25) is 4.79 Å². The Kier molecular flexibility index (Phi) is 4.13. The van der Waals surface area contributed by atoms with E-state index in [1.807, 2.05) is 38.1 Å². The molecule has 0 amide bonds. The van der Waals surface area contributed by atoms with Crippen LogP contribution < -0.4 is 0 Å². The number of ether oxygens (including phenoxy) is 1. The van der Waals surface area contributed by atoms with E-state index >= 15 is 0 Å². The molecular formula is C12H15IO2. The molecule has 0 aromatic heterocycles. The van der Waals surface area contributed by atoms with Crippen LogP contribution in [0.2, 0.25) is 0 Å². The molecule has 0 fully saturated rings. The maximum absolute atomic E-state index is 11.0. The average Bonchev–Trinajstić information content (AvgIpc) is 2.17. The van der Waals surface area contributed by atoms with Crippen LogP contribution in [0.25, 0.3) is 0 Å². The molecule has 0 bridgehead atoms. The molecule has 0 heterocycles. The highest BCUT2D eigenvalue weighted by Crippen LogP contribution is 2.29. The Morgan fingerprint density at radius 2 is 1.93 bits per heavy atom. The molecule has 3 heteroatoms. The van der Waals surface area contributed by atoms with Crippen LogP contribution in [0.4, 0.5) is 0 Å². The van der Waals surface area contributed by atoms with Gasteiger partial charge < -0.3 is 4.74 Å². The van der Waals surface area contributed by atoms with Crippen molar-refractivity contribution in [3.05, 3.63) is 33.4 Å². The van der Waals surface area contributed by atoms with Crippen molar-refractivity contribution in [2.24, 2.45) is 0 Å². The van der Waals surface area contributed by atoms with Crippen LogP contribution in [0, 0.1) is 3.57 Å². The Hall–Kier alpha value is -0.580. The van der Waals surface area contributed by atoms with Gasteiger partial charge in [0.05, 0.1) is 0 Å². The van der Waals surface area contributed by atoms with Gasteiger partial charge in [-0.15, -0.1) is 0 Å². The van der Waals surface area contributed by atoms with Crippen LogP contribution in [0.1, 0.15) is 32.8 Å². The highest BCUT2D eigenvalue weighted by Gasteiger charge is 2.27. The molecule has 1 aromatic rings. The van der Waals surface area contributed by atoms with E-state index in [1.54, 1.807) is 0 Å². The minimum Gasteiger partial charge on any atom is -0.455 e. The van der Waals surface area contributed by atoms with E-state index in [0.29, 0.717) is 0 Å². The zero-order valence-corrected chi connectivity index (χ0v) is 11.4. The number of hydrogen-bond donors (Lipinski definition) is 0. The lowest BCUT2D eigenvalue weighted by Crippen LogP contribution is -2.27. The molecule has 1 rings (SSSR count). The van der Waals surface area contributed by atoms with Gasteiger partial charge in [0.1, 0.15) is 5.60 Å². The second kappa shape index (κ2) is 4.96. The topological polar surface area (TPSA) is 26.3 Å². The fourth-order valence-corrected chi connectivity index (χ4v) is 1.81. The maximum Gasteiger partial charge on any atom is 0.303 e. The molecule has 0 N–H and O–H groups in total. The molecular weight excluding hydrogens is 303 g/mol. The van der Waals surface area contributed by atoms with E-state index in [0.717, 1.165) is 12.0 Å².